The molecule has 58 heavy (non-hydrogen) atoms. The largest absolute Gasteiger partial charge is 0.497 e. The summed E-state index contributed by atoms with van der Waals surface area (Å²) in [6.45, 7) is 9.24. The molecule has 0 aliphatic carbocycles. The van der Waals surface area contributed by atoms with Crippen molar-refractivity contribution in [3.8, 4) is 28.7 Å². The maximum atomic E-state index is 13.5. The minimum atomic E-state index is -1.35. The van der Waals surface area contributed by atoms with Crippen molar-refractivity contribution in [1.82, 2.24) is 4.98 Å². The van der Waals surface area contributed by atoms with Gasteiger partial charge >= 0.3 is 12.0 Å². The van der Waals surface area contributed by atoms with Crippen LogP contribution in [-0.4, -0.2) is 81.3 Å². The number of anilines is 4. The zero-order valence-electron chi connectivity index (χ0n) is 33.8. The first kappa shape index (κ1) is 43.2. The molecule has 0 aliphatic rings. The molecule has 1 aromatic heterocycles. The third kappa shape index (κ3) is 12.1. The molecule has 0 aliphatic heterocycles. The molecule has 4 aromatic carbocycles. The van der Waals surface area contributed by atoms with Gasteiger partial charge in [0, 0.05) is 53.2 Å². The van der Waals surface area contributed by atoms with Crippen molar-refractivity contribution in [2.45, 2.75) is 38.0 Å². The van der Waals surface area contributed by atoms with Crippen LogP contribution in [0.15, 0.2) is 90.0 Å². The number of fused-ring (bicyclic) bond motifs is 1. The first-order chi connectivity index (χ1) is 27.9. The first-order valence-electron chi connectivity index (χ1n) is 18.6. The number of urea groups is 1. The number of hydrogen-bond acceptors (Lipinski definition) is 12. The fraction of sp³-hybridized carbons (Fsp3) is 0.326. The zero-order valence-corrected chi connectivity index (χ0v) is 34.6. The molecule has 0 bridgehead atoms. The Hall–Kier alpha value is -5.90. The van der Waals surface area contributed by atoms with E-state index in [4.69, 9.17) is 33.2 Å². The summed E-state index contributed by atoms with van der Waals surface area (Å²) in [4.78, 5) is 29.8. The number of ether oxygens (including phenoxy) is 7. The number of hydrogen-bond donors (Lipinski definition) is 3. The number of carbonyl (C=O) groups excluding carboxylic acids is 2. The summed E-state index contributed by atoms with van der Waals surface area (Å²) in [7, 11) is 1.71. The SMILES string of the molecule is CCOC(=O)COCCOCCOc1cc(Nc2cc(Oc3ccc(NC(=O)Nc4cc(C(C)(C)C)cc(S(C)=O)c4OC)c4ccccc34)ccn2)cc(OC)c1. The molecular formula is C43H50N4O10S. The zero-order chi connectivity index (χ0) is 41.7. The number of esters is 1. The molecule has 5 aromatic rings. The normalized spacial score (nSPS) is 11.7. The molecule has 1 unspecified atom stereocenters. The van der Waals surface area contributed by atoms with Gasteiger partial charge in [0.15, 0.2) is 5.75 Å². The van der Waals surface area contributed by atoms with Gasteiger partial charge in [-0.15, -0.1) is 0 Å². The van der Waals surface area contributed by atoms with E-state index >= 15 is 0 Å². The molecule has 15 heteroatoms. The van der Waals surface area contributed by atoms with E-state index in [9.17, 15) is 13.8 Å². The van der Waals surface area contributed by atoms with Crippen LogP contribution in [0.5, 0.6) is 28.7 Å². The van der Waals surface area contributed by atoms with Crippen molar-refractivity contribution >= 4 is 56.5 Å². The average Bonchev–Trinajstić information content (AvgIpc) is 3.19. The highest BCUT2D eigenvalue weighted by atomic mass is 32.2. The van der Waals surface area contributed by atoms with Crippen LogP contribution in [0.3, 0.4) is 0 Å². The summed E-state index contributed by atoms with van der Waals surface area (Å²) in [5.41, 5.74) is 2.30. The van der Waals surface area contributed by atoms with Gasteiger partial charge in [-0.05, 0) is 48.2 Å². The van der Waals surface area contributed by atoms with Gasteiger partial charge in [0.05, 0.1) is 67.7 Å². The van der Waals surface area contributed by atoms with Gasteiger partial charge in [-0.25, -0.2) is 14.6 Å². The molecular weight excluding hydrogens is 765 g/mol. The van der Waals surface area contributed by atoms with Gasteiger partial charge in [-0.3, -0.25) is 4.21 Å². The molecule has 0 saturated carbocycles. The minimum absolute atomic E-state index is 0.112. The second-order valence-electron chi connectivity index (χ2n) is 13.8. The lowest BCUT2D eigenvalue weighted by atomic mass is 9.86. The van der Waals surface area contributed by atoms with E-state index in [-0.39, 0.29) is 25.2 Å². The van der Waals surface area contributed by atoms with Gasteiger partial charge in [0.25, 0.3) is 0 Å². The standard InChI is InChI=1S/C43H50N4O10S/c1-8-55-40(48)27-54-18-17-53-19-20-56-32-24-29(23-31(25-32)51-5)45-39-26-30(15-16-44-39)57-37-14-13-35(33-11-9-10-12-34(33)37)46-42(49)47-36-21-28(43(2,3)4)22-38(58(7)50)41(36)52-6/h9-16,21-26H,8,17-20,27H2,1-7H3,(H,44,45)(H2,46,47,49). The van der Waals surface area contributed by atoms with Crippen LogP contribution in [0.2, 0.25) is 0 Å². The molecule has 308 valence electrons. The molecule has 1 heterocycles. The second-order valence-corrected chi connectivity index (χ2v) is 15.2. The summed E-state index contributed by atoms with van der Waals surface area (Å²) in [6.07, 6.45) is 3.21. The molecule has 0 radical (unpaired) electrons. The maximum Gasteiger partial charge on any atom is 0.332 e. The summed E-state index contributed by atoms with van der Waals surface area (Å²) in [6, 6.07) is 23.3. The lowest BCUT2D eigenvalue weighted by molar-refractivity contribution is -0.148. The maximum absolute atomic E-state index is 13.5. The molecule has 0 fully saturated rings. The number of rotatable bonds is 19. The molecule has 0 saturated heterocycles. The van der Waals surface area contributed by atoms with Crippen molar-refractivity contribution in [3.05, 3.63) is 90.6 Å². The van der Waals surface area contributed by atoms with Crippen molar-refractivity contribution in [2.24, 2.45) is 0 Å². The van der Waals surface area contributed by atoms with Crippen LogP contribution in [0.25, 0.3) is 10.8 Å². The van der Waals surface area contributed by atoms with E-state index < -0.39 is 22.8 Å². The van der Waals surface area contributed by atoms with Crippen molar-refractivity contribution in [2.75, 3.05) is 76.1 Å². The molecule has 1 atom stereocenters. The smallest absolute Gasteiger partial charge is 0.332 e. The fourth-order valence-corrected chi connectivity index (χ4v) is 6.50. The number of methoxy groups -OCH3 is 2. The minimum Gasteiger partial charge on any atom is -0.497 e. The Bertz CT molecular complexity index is 2230. The number of pyridine rings is 1. The summed E-state index contributed by atoms with van der Waals surface area (Å²) >= 11 is 0. The predicted molar refractivity (Wildman–Crippen MR) is 225 cm³/mol. The monoisotopic (exact) mass is 814 g/mol. The Morgan fingerprint density at radius 1 is 0.776 bits per heavy atom. The van der Waals surface area contributed by atoms with Crippen LogP contribution >= 0.6 is 0 Å². The Balaban J connectivity index is 1.24. The van der Waals surface area contributed by atoms with Crippen molar-refractivity contribution in [3.63, 3.8) is 0 Å². The van der Waals surface area contributed by atoms with E-state index in [1.807, 2.05) is 69.3 Å². The van der Waals surface area contributed by atoms with Gasteiger partial charge in [0.1, 0.15) is 42.0 Å². The van der Waals surface area contributed by atoms with Crippen molar-refractivity contribution in [1.29, 1.82) is 0 Å². The number of amides is 2. The Morgan fingerprint density at radius 3 is 2.22 bits per heavy atom. The van der Waals surface area contributed by atoms with Gasteiger partial charge in [0.2, 0.25) is 0 Å². The molecule has 14 nitrogen and oxygen atoms in total. The number of nitrogens with one attached hydrogen (secondary N) is 3. The van der Waals surface area contributed by atoms with E-state index in [0.29, 0.717) is 76.3 Å². The predicted octanol–water partition coefficient (Wildman–Crippen LogP) is 8.44. The average molecular weight is 815 g/mol. The quantitative estimate of drug-likeness (QED) is 0.0539. The number of aromatic nitrogens is 1. The van der Waals surface area contributed by atoms with Crippen LogP contribution in [0.4, 0.5) is 27.7 Å². The van der Waals surface area contributed by atoms with Crippen LogP contribution in [0, 0.1) is 0 Å². The second kappa shape index (κ2) is 20.5. The lowest BCUT2D eigenvalue weighted by Crippen LogP contribution is -2.21. The van der Waals surface area contributed by atoms with Gasteiger partial charge in [-0.1, -0.05) is 45.0 Å². The Labute approximate surface area is 340 Å². The molecule has 5 rings (SSSR count). The van der Waals surface area contributed by atoms with Gasteiger partial charge < -0.3 is 49.1 Å². The highest BCUT2D eigenvalue weighted by Crippen LogP contribution is 2.38. The van der Waals surface area contributed by atoms with Crippen LogP contribution < -0.4 is 34.9 Å². The number of nitrogens with zero attached hydrogens (tertiary/aromatic N) is 1. The first-order valence-corrected chi connectivity index (χ1v) is 20.1. The Morgan fingerprint density at radius 2 is 1.50 bits per heavy atom. The molecule has 3 N–H and O–H groups in total. The third-order valence-electron chi connectivity index (χ3n) is 8.56. The van der Waals surface area contributed by atoms with Crippen LogP contribution in [-0.2, 0) is 35.2 Å². The van der Waals surface area contributed by atoms with E-state index in [0.717, 1.165) is 16.3 Å². The summed E-state index contributed by atoms with van der Waals surface area (Å²) in [5.74, 6) is 2.69. The summed E-state index contributed by atoms with van der Waals surface area (Å²) < 4.78 is 51.6. The van der Waals surface area contributed by atoms with E-state index in [2.05, 4.69) is 20.9 Å². The number of benzene rings is 4. The van der Waals surface area contributed by atoms with Crippen LogP contribution in [0.1, 0.15) is 33.3 Å². The Kier molecular flexibility index (Phi) is 15.3. The molecule has 2 amide bonds. The fourth-order valence-electron chi connectivity index (χ4n) is 5.76. The van der Waals surface area contributed by atoms with Gasteiger partial charge in [-0.2, -0.15) is 0 Å². The lowest BCUT2D eigenvalue weighted by Gasteiger charge is -2.23. The highest BCUT2D eigenvalue weighted by molar-refractivity contribution is 7.84. The summed E-state index contributed by atoms with van der Waals surface area (Å²) in [5, 5.41) is 10.7. The highest BCUT2D eigenvalue weighted by Gasteiger charge is 2.22. The topological polar surface area (TPSA) is 165 Å². The molecule has 0 spiro atoms. The van der Waals surface area contributed by atoms with E-state index in [1.165, 1.54) is 7.11 Å². The van der Waals surface area contributed by atoms with Crippen molar-refractivity contribution < 1.29 is 47.0 Å². The van der Waals surface area contributed by atoms with E-state index in [1.54, 1.807) is 56.8 Å². The number of carbonyl (C=O) groups is 2. The third-order valence-corrected chi connectivity index (χ3v) is 9.48.